The van der Waals surface area contributed by atoms with E-state index in [0.717, 1.165) is 0 Å². The number of hydrogen-bond acceptors (Lipinski definition) is 4. The van der Waals surface area contributed by atoms with Crippen molar-refractivity contribution >= 4 is 63.7 Å². The molecule has 4 nitrogen and oxygen atoms in total. The maximum atomic E-state index is 10.4. The molecule has 0 radical (unpaired) electrons. The first-order chi connectivity index (χ1) is 10.6. The standard InChI is InChI=1S/C15H10Br4O4/c1-14(16,17)15(18,19)11-12(21)7(20)6-10-13(11)23-9-5-3-2-4-8(9)22-10/h2-6,20-21H,1H3. The van der Waals surface area contributed by atoms with Crippen LogP contribution < -0.4 is 9.47 Å². The zero-order valence-electron chi connectivity index (χ0n) is 11.6. The van der Waals surface area contributed by atoms with Crippen LogP contribution in [-0.4, -0.2) is 13.4 Å². The average Bonchev–Trinajstić information content (AvgIpc) is 2.45. The summed E-state index contributed by atoms with van der Waals surface area (Å²) < 4.78 is 10.0. The molecule has 1 heterocycles. The third-order valence-corrected chi connectivity index (χ3v) is 9.04. The van der Waals surface area contributed by atoms with Gasteiger partial charge in [0.15, 0.2) is 34.5 Å². The number of halogens is 4. The molecule has 3 rings (SSSR count). The quantitative estimate of drug-likeness (QED) is 0.274. The predicted octanol–water partition coefficient (Wildman–Crippen LogP) is 6.44. The van der Waals surface area contributed by atoms with Gasteiger partial charge in [0.05, 0.1) is 5.56 Å². The number of phenolic OH excluding ortho intramolecular Hbond substituents is 2. The topological polar surface area (TPSA) is 58.9 Å². The highest BCUT2D eigenvalue weighted by molar-refractivity contribution is 9.30. The second-order valence-electron chi connectivity index (χ2n) is 5.06. The van der Waals surface area contributed by atoms with Gasteiger partial charge in [-0.2, -0.15) is 0 Å². The Hall–Kier alpha value is -0.440. The van der Waals surface area contributed by atoms with Gasteiger partial charge >= 0.3 is 0 Å². The van der Waals surface area contributed by atoms with Crippen LogP contribution in [0.15, 0.2) is 30.3 Å². The van der Waals surface area contributed by atoms with E-state index < -0.39 is 6.47 Å². The van der Waals surface area contributed by atoms with Crippen molar-refractivity contribution in [3.05, 3.63) is 35.9 Å². The maximum absolute atomic E-state index is 10.4. The molecule has 0 spiro atoms. The highest BCUT2D eigenvalue weighted by Crippen LogP contribution is 2.64. The second kappa shape index (κ2) is 5.82. The van der Waals surface area contributed by atoms with Crippen molar-refractivity contribution in [1.82, 2.24) is 0 Å². The van der Waals surface area contributed by atoms with Crippen molar-refractivity contribution in [2.75, 3.05) is 0 Å². The Morgan fingerprint density at radius 2 is 1.48 bits per heavy atom. The predicted molar refractivity (Wildman–Crippen MR) is 102 cm³/mol. The maximum Gasteiger partial charge on any atom is 0.179 e. The first-order valence-corrected chi connectivity index (χ1v) is 9.60. The van der Waals surface area contributed by atoms with Crippen LogP contribution in [0.3, 0.4) is 0 Å². The van der Waals surface area contributed by atoms with E-state index in [1.807, 2.05) is 19.1 Å². The smallest absolute Gasteiger partial charge is 0.179 e. The van der Waals surface area contributed by atoms with Crippen LogP contribution in [0.1, 0.15) is 12.5 Å². The van der Waals surface area contributed by atoms with Gasteiger partial charge in [0.1, 0.15) is 6.47 Å². The number of hydrogen-bond donors (Lipinski definition) is 2. The van der Waals surface area contributed by atoms with Gasteiger partial charge in [0.25, 0.3) is 0 Å². The first kappa shape index (κ1) is 17.4. The highest BCUT2D eigenvalue weighted by Gasteiger charge is 2.48. The molecule has 0 fully saturated rings. The SMILES string of the molecule is CC(Br)(Br)C(Br)(Br)c1c(O)c(O)cc2c1Oc1ccccc1O2. The Balaban J connectivity index is 2.25. The zero-order chi connectivity index (χ0) is 17.0. The molecule has 0 aromatic heterocycles. The summed E-state index contributed by atoms with van der Waals surface area (Å²) in [6, 6.07) is 8.48. The molecule has 0 atom stereocenters. The zero-order valence-corrected chi connectivity index (χ0v) is 18.0. The number of phenols is 2. The summed E-state index contributed by atoms with van der Waals surface area (Å²) in [5.74, 6) is 1.04. The number of ether oxygens (including phenoxy) is 2. The van der Waals surface area contributed by atoms with Gasteiger partial charge in [0.2, 0.25) is 0 Å². The summed E-state index contributed by atoms with van der Waals surface area (Å²) in [5.41, 5.74) is 0.290. The summed E-state index contributed by atoms with van der Waals surface area (Å²) >= 11 is 14.0. The van der Waals surface area contributed by atoms with E-state index in [9.17, 15) is 10.2 Å². The van der Waals surface area contributed by atoms with Gasteiger partial charge in [-0.15, -0.1) is 0 Å². The van der Waals surface area contributed by atoms with Gasteiger partial charge in [-0.3, -0.25) is 0 Å². The van der Waals surface area contributed by atoms with Crippen molar-refractivity contribution in [3.63, 3.8) is 0 Å². The minimum absolute atomic E-state index is 0.290. The molecular formula is C15H10Br4O4. The van der Waals surface area contributed by atoms with Crippen molar-refractivity contribution in [1.29, 1.82) is 0 Å². The summed E-state index contributed by atoms with van der Waals surface area (Å²) in [5, 5.41) is 20.5. The van der Waals surface area contributed by atoms with E-state index in [-0.39, 0.29) is 11.5 Å². The van der Waals surface area contributed by atoms with E-state index in [1.165, 1.54) is 6.07 Å². The third kappa shape index (κ3) is 2.88. The van der Waals surface area contributed by atoms with Gasteiger partial charge in [-0.1, -0.05) is 75.9 Å². The molecular weight excluding hydrogens is 564 g/mol. The number of para-hydroxylation sites is 2. The molecule has 8 heteroatoms. The third-order valence-electron chi connectivity index (χ3n) is 3.34. The number of alkyl halides is 4. The Labute approximate surface area is 166 Å². The molecule has 0 unspecified atom stereocenters. The van der Waals surface area contributed by atoms with E-state index in [1.54, 1.807) is 12.1 Å². The monoisotopic (exact) mass is 570 g/mol. The lowest BCUT2D eigenvalue weighted by molar-refractivity contribution is 0.339. The molecule has 0 amide bonds. The summed E-state index contributed by atoms with van der Waals surface area (Å²) in [6.07, 6.45) is 0. The molecule has 0 saturated heterocycles. The molecule has 2 N–H and O–H groups in total. The molecule has 2 aromatic rings. The van der Waals surface area contributed by atoms with E-state index in [0.29, 0.717) is 28.6 Å². The van der Waals surface area contributed by atoms with Crippen LogP contribution in [-0.2, 0) is 3.23 Å². The number of fused-ring (bicyclic) bond motifs is 2. The Bertz CT molecular complexity index is 784. The molecule has 1 aliphatic rings. The fraction of sp³-hybridized carbons (Fsp3) is 0.200. The van der Waals surface area contributed by atoms with Crippen molar-refractivity contribution in [3.8, 4) is 34.5 Å². The molecule has 0 bridgehead atoms. The van der Waals surface area contributed by atoms with Gasteiger partial charge in [-0.25, -0.2) is 0 Å². The molecule has 122 valence electrons. The minimum Gasteiger partial charge on any atom is -0.504 e. The van der Waals surface area contributed by atoms with Crippen LogP contribution in [0.25, 0.3) is 0 Å². The number of rotatable bonds is 2. The van der Waals surface area contributed by atoms with Crippen LogP contribution in [0.4, 0.5) is 0 Å². The lowest BCUT2D eigenvalue weighted by atomic mass is 10.0. The first-order valence-electron chi connectivity index (χ1n) is 6.42. The Kier molecular flexibility index (Phi) is 4.40. The molecule has 1 aliphatic heterocycles. The van der Waals surface area contributed by atoms with Gasteiger partial charge in [0, 0.05) is 6.07 Å². The lowest BCUT2D eigenvalue weighted by Gasteiger charge is -2.35. The fourth-order valence-corrected chi connectivity index (χ4v) is 3.28. The summed E-state index contributed by atoms with van der Waals surface area (Å²) in [4.78, 5) is 0. The summed E-state index contributed by atoms with van der Waals surface area (Å²) in [6.45, 7) is 1.82. The van der Waals surface area contributed by atoms with Crippen LogP contribution >= 0.6 is 63.7 Å². The second-order valence-corrected chi connectivity index (χ2v) is 12.7. The van der Waals surface area contributed by atoms with Crippen LogP contribution in [0, 0.1) is 0 Å². The molecule has 0 aliphatic carbocycles. The van der Waals surface area contributed by atoms with Crippen LogP contribution in [0.5, 0.6) is 34.5 Å². The van der Waals surface area contributed by atoms with Gasteiger partial charge in [-0.05, 0) is 19.1 Å². The molecule has 0 saturated carbocycles. The number of benzene rings is 2. The van der Waals surface area contributed by atoms with Crippen molar-refractivity contribution < 1.29 is 19.7 Å². The Morgan fingerprint density at radius 1 is 0.913 bits per heavy atom. The summed E-state index contributed by atoms with van der Waals surface area (Å²) in [7, 11) is 0. The van der Waals surface area contributed by atoms with Crippen LogP contribution in [0.2, 0.25) is 0 Å². The van der Waals surface area contributed by atoms with Gasteiger partial charge < -0.3 is 19.7 Å². The lowest BCUT2D eigenvalue weighted by Crippen LogP contribution is -2.29. The Morgan fingerprint density at radius 3 is 2.04 bits per heavy atom. The number of aromatic hydroxyl groups is 2. The fourth-order valence-electron chi connectivity index (χ4n) is 2.15. The molecule has 23 heavy (non-hydrogen) atoms. The average molecular weight is 574 g/mol. The van der Waals surface area contributed by atoms with E-state index >= 15 is 0 Å². The van der Waals surface area contributed by atoms with E-state index in [4.69, 9.17) is 9.47 Å². The molecule has 2 aromatic carbocycles. The van der Waals surface area contributed by atoms with Crippen molar-refractivity contribution in [2.45, 2.75) is 13.4 Å². The van der Waals surface area contributed by atoms with Crippen molar-refractivity contribution in [2.24, 2.45) is 0 Å². The minimum atomic E-state index is -1.00. The van der Waals surface area contributed by atoms with E-state index in [2.05, 4.69) is 63.7 Å². The highest BCUT2D eigenvalue weighted by atomic mass is 79.9. The normalized spacial score (nSPS) is 13.6. The largest absolute Gasteiger partial charge is 0.504 e.